The Morgan fingerprint density at radius 3 is 1.98 bits per heavy atom. The first-order valence-corrected chi connectivity index (χ1v) is 15.0. The maximum atomic E-state index is 15.2. The number of ether oxygens (including phenoxy) is 3. The number of hydrogen-bond donors (Lipinski definition) is 0. The SMILES string of the molecule is CCCCCc1ccc(C2COC(c3ccc(C4CCC(C(F)(F)Oc5cc(F)c(F)c(F)c5)CC4)c(F)c3)OC2)cc1. The molecule has 43 heavy (non-hydrogen) atoms. The van der Waals surface area contributed by atoms with Crippen molar-refractivity contribution in [1.29, 1.82) is 0 Å². The van der Waals surface area contributed by atoms with Gasteiger partial charge in [0.1, 0.15) is 11.6 Å². The van der Waals surface area contributed by atoms with E-state index in [9.17, 15) is 22.0 Å². The van der Waals surface area contributed by atoms with Gasteiger partial charge >= 0.3 is 6.11 Å². The highest BCUT2D eigenvalue weighted by molar-refractivity contribution is 5.30. The lowest BCUT2D eigenvalue weighted by Crippen LogP contribution is -2.37. The monoisotopic (exact) mass is 606 g/mol. The van der Waals surface area contributed by atoms with E-state index in [-0.39, 0.29) is 37.5 Å². The van der Waals surface area contributed by atoms with Gasteiger partial charge in [-0.05, 0) is 67.2 Å². The topological polar surface area (TPSA) is 27.7 Å². The lowest BCUT2D eigenvalue weighted by molar-refractivity contribution is -0.222. The van der Waals surface area contributed by atoms with E-state index < -0.39 is 47.3 Å². The van der Waals surface area contributed by atoms with Gasteiger partial charge in [-0.25, -0.2) is 17.6 Å². The minimum atomic E-state index is -3.73. The van der Waals surface area contributed by atoms with Crippen molar-refractivity contribution in [2.45, 2.75) is 82.5 Å². The first kappa shape index (κ1) is 31.4. The largest absolute Gasteiger partial charge is 0.432 e. The molecule has 2 fully saturated rings. The number of aryl methyl sites for hydroxylation is 1. The van der Waals surface area contributed by atoms with Gasteiger partial charge in [-0.2, -0.15) is 8.78 Å². The number of alkyl halides is 2. The Morgan fingerprint density at radius 1 is 0.744 bits per heavy atom. The number of benzene rings is 3. The molecule has 3 aromatic carbocycles. The van der Waals surface area contributed by atoms with Crippen molar-refractivity contribution in [2.24, 2.45) is 5.92 Å². The van der Waals surface area contributed by atoms with E-state index in [1.807, 2.05) is 0 Å². The normalized spacial score (nSPS) is 22.9. The quantitative estimate of drug-likeness (QED) is 0.131. The summed E-state index contributed by atoms with van der Waals surface area (Å²) in [6.45, 7) is 3.08. The first-order valence-electron chi connectivity index (χ1n) is 15.0. The van der Waals surface area contributed by atoms with Gasteiger partial charge in [-0.1, -0.05) is 56.2 Å². The fourth-order valence-corrected chi connectivity index (χ4v) is 6.02. The van der Waals surface area contributed by atoms with Crippen LogP contribution in [0.4, 0.5) is 26.3 Å². The van der Waals surface area contributed by atoms with E-state index in [1.165, 1.54) is 30.9 Å². The van der Waals surface area contributed by atoms with Crippen molar-refractivity contribution in [3.8, 4) is 5.75 Å². The Balaban J connectivity index is 1.13. The second-order valence-electron chi connectivity index (χ2n) is 11.6. The average molecular weight is 607 g/mol. The van der Waals surface area contributed by atoms with Crippen molar-refractivity contribution in [3.05, 3.63) is 100 Å². The maximum absolute atomic E-state index is 15.2. The van der Waals surface area contributed by atoms with Gasteiger partial charge in [0.15, 0.2) is 23.7 Å². The van der Waals surface area contributed by atoms with Crippen LogP contribution in [-0.4, -0.2) is 19.3 Å². The van der Waals surface area contributed by atoms with E-state index >= 15 is 4.39 Å². The van der Waals surface area contributed by atoms with Crippen LogP contribution in [0.1, 0.15) is 92.2 Å². The molecule has 0 unspecified atom stereocenters. The molecule has 5 rings (SSSR count). The van der Waals surface area contributed by atoms with Crippen molar-refractivity contribution in [2.75, 3.05) is 13.2 Å². The Bertz CT molecular complexity index is 1340. The molecule has 0 spiro atoms. The van der Waals surface area contributed by atoms with Gasteiger partial charge in [0, 0.05) is 23.6 Å². The van der Waals surface area contributed by atoms with E-state index in [4.69, 9.17) is 9.47 Å². The van der Waals surface area contributed by atoms with Gasteiger partial charge in [-0.3, -0.25) is 0 Å². The van der Waals surface area contributed by atoms with Crippen LogP contribution in [0.2, 0.25) is 0 Å². The summed E-state index contributed by atoms with van der Waals surface area (Å²) in [5.41, 5.74) is 3.44. The van der Waals surface area contributed by atoms with E-state index in [0.717, 1.165) is 12.0 Å². The molecule has 1 heterocycles. The molecule has 0 radical (unpaired) electrons. The standard InChI is InChI=1S/C34H36F6O3/c1-2-3-4-5-21-6-8-22(9-7-21)25-19-41-33(42-20-25)24-12-15-28(29(35)16-24)23-10-13-26(14-11-23)34(39,40)43-27-17-30(36)32(38)31(37)18-27/h6-9,12,15-18,23,25-26,33H,2-5,10-11,13-14,19-20H2,1H3. The summed E-state index contributed by atoms with van der Waals surface area (Å²) in [7, 11) is 0. The van der Waals surface area contributed by atoms with Crippen molar-refractivity contribution in [1.82, 2.24) is 0 Å². The van der Waals surface area contributed by atoms with Crippen LogP contribution in [0, 0.1) is 29.2 Å². The van der Waals surface area contributed by atoms with Crippen LogP contribution < -0.4 is 4.74 Å². The van der Waals surface area contributed by atoms with Gasteiger partial charge in [0.25, 0.3) is 0 Å². The lowest BCUT2D eigenvalue weighted by Gasteiger charge is -2.34. The lowest BCUT2D eigenvalue weighted by atomic mass is 9.78. The van der Waals surface area contributed by atoms with Crippen molar-refractivity contribution < 1.29 is 40.6 Å². The molecule has 1 aliphatic heterocycles. The molecule has 0 aromatic heterocycles. The Labute approximate surface area is 248 Å². The van der Waals surface area contributed by atoms with Crippen LogP contribution >= 0.6 is 0 Å². The van der Waals surface area contributed by atoms with Crippen LogP contribution in [0.25, 0.3) is 0 Å². The Morgan fingerprint density at radius 2 is 1.37 bits per heavy atom. The third kappa shape index (κ3) is 7.55. The third-order valence-corrected chi connectivity index (χ3v) is 8.57. The molecular weight excluding hydrogens is 570 g/mol. The third-order valence-electron chi connectivity index (χ3n) is 8.57. The number of halogens is 6. The molecule has 0 atom stereocenters. The molecule has 232 valence electrons. The second kappa shape index (κ2) is 13.7. The Hall–Kier alpha value is -3.04. The highest BCUT2D eigenvalue weighted by Crippen LogP contribution is 2.44. The summed E-state index contributed by atoms with van der Waals surface area (Å²) in [4.78, 5) is 0. The van der Waals surface area contributed by atoms with Gasteiger partial charge < -0.3 is 14.2 Å². The fraction of sp³-hybridized carbons (Fsp3) is 0.471. The molecule has 3 nitrogen and oxygen atoms in total. The molecule has 2 aliphatic rings. The second-order valence-corrected chi connectivity index (χ2v) is 11.6. The first-order chi connectivity index (χ1) is 20.6. The maximum Gasteiger partial charge on any atom is 0.400 e. The summed E-state index contributed by atoms with van der Waals surface area (Å²) in [5, 5.41) is 0. The van der Waals surface area contributed by atoms with E-state index in [0.29, 0.717) is 36.5 Å². The summed E-state index contributed by atoms with van der Waals surface area (Å²) in [6, 6.07) is 14.1. The van der Waals surface area contributed by atoms with Crippen molar-refractivity contribution >= 4 is 0 Å². The molecule has 3 aromatic rings. The van der Waals surface area contributed by atoms with Crippen LogP contribution in [0.5, 0.6) is 5.75 Å². The van der Waals surface area contributed by atoms with E-state index in [1.54, 1.807) is 12.1 Å². The zero-order valence-corrected chi connectivity index (χ0v) is 24.1. The molecular formula is C34H36F6O3. The zero-order valence-electron chi connectivity index (χ0n) is 24.1. The molecule has 9 heteroatoms. The number of unbranched alkanes of at least 4 members (excludes halogenated alkanes) is 2. The highest BCUT2D eigenvalue weighted by atomic mass is 19.3. The Kier molecular flexibility index (Phi) is 10.0. The van der Waals surface area contributed by atoms with Crippen molar-refractivity contribution in [3.63, 3.8) is 0 Å². The van der Waals surface area contributed by atoms with Gasteiger partial charge in [0.2, 0.25) is 0 Å². The smallest absolute Gasteiger partial charge is 0.400 e. The molecule has 0 N–H and O–H groups in total. The van der Waals surface area contributed by atoms with Crippen LogP contribution in [0.3, 0.4) is 0 Å². The molecule has 0 amide bonds. The average Bonchev–Trinajstić information content (AvgIpc) is 3.00. The summed E-state index contributed by atoms with van der Waals surface area (Å²) < 4.78 is 101. The van der Waals surface area contributed by atoms with Crippen LogP contribution in [0.15, 0.2) is 54.6 Å². The molecule has 1 aliphatic carbocycles. The van der Waals surface area contributed by atoms with E-state index in [2.05, 4.69) is 35.9 Å². The predicted octanol–water partition coefficient (Wildman–Crippen LogP) is 9.75. The summed E-state index contributed by atoms with van der Waals surface area (Å²) in [6.07, 6.45) is 0.830. The molecule has 0 bridgehead atoms. The fourth-order valence-electron chi connectivity index (χ4n) is 6.02. The number of hydrogen-bond acceptors (Lipinski definition) is 3. The number of rotatable bonds is 10. The zero-order chi connectivity index (χ0) is 30.6. The summed E-state index contributed by atoms with van der Waals surface area (Å²) in [5.74, 6) is -7.65. The summed E-state index contributed by atoms with van der Waals surface area (Å²) >= 11 is 0. The highest BCUT2D eigenvalue weighted by Gasteiger charge is 2.44. The molecule has 1 saturated heterocycles. The minimum absolute atomic E-state index is 0.0149. The minimum Gasteiger partial charge on any atom is -0.432 e. The molecule has 1 saturated carbocycles. The van der Waals surface area contributed by atoms with Crippen LogP contribution in [-0.2, 0) is 15.9 Å². The van der Waals surface area contributed by atoms with Gasteiger partial charge in [-0.15, -0.1) is 0 Å². The predicted molar refractivity (Wildman–Crippen MR) is 150 cm³/mol. The van der Waals surface area contributed by atoms with Gasteiger partial charge in [0.05, 0.1) is 19.1 Å².